The molecular formula is C13H18N4O2. The molecule has 0 N–H and O–H groups in total. The molecule has 0 spiro atoms. The largest absolute Gasteiger partial charge is 0.462 e. The van der Waals surface area contributed by atoms with Gasteiger partial charge in [0, 0.05) is 12.7 Å². The third kappa shape index (κ3) is 2.52. The van der Waals surface area contributed by atoms with Gasteiger partial charge in [-0.3, -0.25) is 4.68 Å². The molecule has 102 valence electrons. The molecule has 2 heterocycles. The number of ether oxygens (including phenoxy) is 1. The maximum Gasteiger partial charge on any atom is 0.341 e. The number of nitrogens with zero attached hydrogens (tertiary/aromatic N) is 4. The van der Waals surface area contributed by atoms with Crippen molar-refractivity contribution in [1.82, 2.24) is 19.3 Å². The molecule has 0 aliphatic heterocycles. The molecule has 0 saturated heterocycles. The number of hydrogen-bond donors (Lipinski definition) is 0. The Balaban J connectivity index is 2.32. The standard InChI is InChI=1S/C13H18N4O2/c1-5-19-13(18)11-6-15-16(4)12(11)7-17-8-14-9(2)10(17)3/h6,8H,5,7H2,1-4H3. The van der Waals surface area contributed by atoms with Gasteiger partial charge in [0.2, 0.25) is 0 Å². The minimum atomic E-state index is -0.333. The monoisotopic (exact) mass is 262 g/mol. The summed E-state index contributed by atoms with van der Waals surface area (Å²) in [6.45, 7) is 6.66. The van der Waals surface area contributed by atoms with Crippen molar-refractivity contribution in [2.75, 3.05) is 6.61 Å². The minimum absolute atomic E-state index is 0.333. The van der Waals surface area contributed by atoms with E-state index in [0.29, 0.717) is 18.7 Å². The maximum absolute atomic E-state index is 11.9. The zero-order valence-corrected chi connectivity index (χ0v) is 11.7. The first-order valence-corrected chi connectivity index (χ1v) is 6.21. The van der Waals surface area contributed by atoms with Crippen molar-refractivity contribution in [2.24, 2.45) is 7.05 Å². The van der Waals surface area contributed by atoms with Gasteiger partial charge in [-0.15, -0.1) is 0 Å². The van der Waals surface area contributed by atoms with Crippen LogP contribution in [-0.2, 0) is 18.3 Å². The molecule has 0 saturated carbocycles. The lowest BCUT2D eigenvalue weighted by Gasteiger charge is -2.08. The van der Waals surface area contributed by atoms with Crippen LogP contribution in [-0.4, -0.2) is 31.9 Å². The van der Waals surface area contributed by atoms with Crippen LogP contribution in [0.1, 0.15) is 34.4 Å². The van der Waals surface area contributed by atoms with E-state index in [4.69, 9.17) is 4.74 Å². The Kier molecular flexibility index (Phi) is 3.69. The number of hydrogen-bond acceptors (Lipinski definition) is 4. The predicted octanol–water partition coefficient (Wildman–Crippen LogP) is 1.46. The highest BCUT2D eigenvalue weighted by Gasteiger charge is 2.18. The van der Waals surface area contributed by atoms with Gasteiger partial charge in [0.15, 0.2) is 0 Å². The van der Waals surface area contributed by atoms with Crippen molar-refractivity contribution in [3.63, 3.8) is 0 Å². The zero-order chi connectivity index (χ0) is 14.0. The Bertz CT molecular complexity index is 598. The molecule has 0 amide bonds. The topological polar surface area (TPSA) is 61.9 Å². The number of imidazole rings is 1. The van der Waals surface area contributed by atoms with Crippen LogP contribution in [0.15, 0.2) is 12.5 Å². The van der Waals surface area contributed by atoms with Crippen molar-refractivity contribution in [3.05, 3.63) is 35.2 Å². The molecule has 2 aromatic rings. The third-order valence-corrected chi connectivity index (χ3v) is 3.22. The first-order chi connectivity index (χ1) is 9.04. The first kappa shape index (κ1) is 13.3. The molecule has 0 unspecified atom stereocenters. The van der Waals surface area contributed by atoms with Crippen molar-refractivity contribution >= 4 is 5.97 Å². The van der Waals surface area contributed by atoms with Gasteiger partial charge in [-0.1, -0.05) is 0 Å². The van der Waals surface area contributed by atoms with Gasteiger partial charge in [0.1, 0.15) is 5.56 Å². The van der Waals surface area contributed by atoms with Gasteiger partial charge >= 0.3 is 5.97 Å². The molecule has 6 nitrogen and oxygen atoms in total. The summed E-state index contributed by atoms with van der Waals surface area (Å²) in [6.07, 6.45) is 3.32. The fourth-order valence-electron chi connectivity index (χ4n) is 1.89. The summed E-state index contributed by atoms with van der Waals surface area (Å²) in [5.41, 5.74) is 3.39. The van der Waals surface area contributed by atoms with Crippen molar-refractivity contribution in [3.8, 4) is 0 Å². The number of aromatic nitrogens is 4. The van der Waals surface area contributed by atoms with Gasteiger partial charge in [-0.25, -0.2) is 9.78 Å². The van der Waals surface area contributed by atoms with E-state index >= 15 is 0 Å². The van der Waals surface area contributed by atoms with E-state index in [1.54, 1.807) is 24.1 Å². The van der Waals surface area contributed by atoms with Crippen molar-refractivity contribution < 1.29 is 9.53 Å². The Labute approximate surface area is 112 Å². The van der Waals surface area contributed by atoms with Crippen LogP contribution >= 0.6 is 0 Å². The van der Waals surface area contributed by atoms with Gasteiger partial charge in [-0.05, 0) is 20.8 Å². The number of carbonyl (C=O) groups excluding carboxylic acids is 1. The number of aryl methyl sites for hydroxylation is 2. The van der Waals surface area contributed by atoms with E-state index in [1.807, 2.05) is 25.5 Å². The summed E-state index contributed by atoms with van der Waals surface area (Å²) < 4.78 is 8.73. The van der Waals surface area contributed by atoms with Crippen molar-refractivity contribution in [1.29, 1.82) is 0 Å². The normalized spacial score (nSPS) is 10.7. The van der Waals surface area contributed by atoms with Gasteiger partial charge < -0.3 is 9.30 Å². The van der Waals surface area contributed by atoms with Crippen LogP contribution in [0.3, 0.4) is 0 Å². The molecule has 0 radical (unpaired) electrons. The molecule has 0 aliphatic carbocycles. The SMILES string of the molecule is CCOC(=O)c1cnn(C)c1Cn1cnc(C)c1C. The molecule has 2 rings (SSSR count). The van der Waals surface area contributed by atoms with Crippen LogP contribution in [0.25, 0.3) is 0 Å². The molecular weight excluding hydrogens is 244 g/mol. The van der Waals surface area contributed by atoms with Crippen LogP contribution in [0.4, 0.5) is 0 Å². The molecule has 0 aliphatic rings. The number of carbonyl (C=O) groups is 1. The van der Waals surface area contributed by atoms with E-state index in [1.165, 1.54) is 0 Å². The third-order valence-electron chi connectivity index (χ3n) is 3.22. The zero-order valence-electron chi connectivity index (χ0n) is 11.7. The fraction of sp³-hybridized carbons (Fsp3) is 0.462. The second-order valence-electron chi connectivity index (χ2n) is 4.39. The average Bonchev–Trinajstić information content (AvgIpc) is 2.88. The van der Waals surface area contributed by atoms with E-state index in [-0.39, 0.29) is 5.97 Å². The molecule has 0 aromatic carbocycles. The highest BCUT2D eigenvalue weighted by Crippen LogP contribution is 2.13. The summed E-state index contributed by atoms with van der Waals surface area (Å²) in [7, 11) is 1.82. The van der Waals surface area contributed by atoms with Crippen LogP contribution < -0.4 is 0 Å². The molecule has 2 aromatic heterocycles. The van der Waals surface area contributed by atoms with Crippen LogP contribution in [0.2, 0.25) is 0 Å². The summed E-state index contributed by atoms with van der Waals surface area (Å²) >= 11 is 0. The Hall–Kier alpha value is -2.11. The lowest BCUT2D eigenvalue weighted by Crippen LogP contribution is -2.12. The van der Waals surface area contributed by atoms with E-state index < -0.39 is 0 Å². The maximum atomic E-state index is 11.9. The second-order valence-corrected chi connectivity index (χ2v) is 4.39. The van der Waals surface area contributed by atoms with Crippen LogP contribution in [0, 0.1) is 13.8 Å². The first-order valence-electron chi connectivity index (χ1n) is 6.21. The van der Waals surface area contributed by atoms with E-state index in [2.05, 4.69) is 10.1 Å². The summed E-state index contributed by atoms with van der Waals surface area (Å²) in [5, 5.41) is 4.13. The lowest BCUT2D eigenvalue weighted by molar-refractivity contribution is 0.0524. The highest BCUT2D eigenvalue weighted by atomic mass is 16.5. The van der Waals surface area contributed by atoms with E-state index in [0.717, 1.165) is 17.1 Å². The van der Waals surface area contributed by atoms with Gasteiger partial charge in [0.05, 0.1) is 37.1 Å². The van der Waals surface area contributed by atoms with Crippen LogP contribution in [0.5, 0.6) is 0 Å². The van der Waals surface area contributed by atoms with Gasteiger partial charge in [0.25, 0.3) is 0 Å². The van der Waals surface area contributed by atoms with E-state index in [9.17, 15) is 4.79 Å². The molecule has 0 fully saturated rings. The smallest absolute Gasteiger partial charge is 0.341 e. The van der Waals surface area contributed by atoms with Gasteiger partial charge in [-0.2, -0.15) is 5.10 Å². The molecule has 0 bridgehead atoms. The second kappa shape index (κ2) is 5.26. The predicted molar refractivity (Wildman–Crippen MR) is 70.0 cm³/mol. The quantitative estimate of drug-likeness (QED) is 0.783. The molecule has 0 atom stereocenters. The fourth-order valence-corrected chi connectivity index (χ4v) is 1.89. The summed E-state index contributed by atoms with van der Waals surface area (Å²) in [6, 6.07) is 0. The number of rotatable bonds is 4. The minimum Gasteiger partial charge on any atom is -0.462 e. The summed E-state index contributed by atoms with van der Waals surface area (Å²) in [4.78, 5) is 16.1. The molecule has 19 heavy (non-hydrogen) atoms. The summed E-state index contributed by atoms with van der Waals surface area (Å²) in [5.74, 6) is -0.333. The Morgan fingerprint density at radius 3 is 2.74 bits per heavy atom. The molecule has 6 heteroatoms. The Morgan fingerprint density at radius 1 is 1.42 bits per heavy atom. The number of esters is 1. The van der Waals surface area contributed by atoms with Crippen molar-refractivity contribution in [2.45, 2.75) is 27.3 Å². The highest BCUT2D eigenvalue weighted by molar-refractivity contribution is 5.90. The Morgan fingerprint density at radius 2 is 2.16 bits per heavy atom. The lowest BCUT2D eigenvalue weighted by atomic mass is 10.2. The average molecular weight is 262 g/mol.